The predicted molar refractivity (Wildman–Crippen MR) is 48.9 cm³/mol. The molecule has 15 heavy (non-hydrogen) atoms. The summed E-state index contributed by atoms with van der Waals surface area (Å²) in [5, 5.41) is 10.3. The van der Waals surface area contributed by atoms with Crippen LogP contribution in [0.3, 0.4) is 0 Å². The van der Waals surface area contributed by atoms with Gasteiger partial charge < -0.3 is 10.1 Å². The van der Waals surface area contributed by atoms with Crippen LogP contribution in [-0.2, 0) is 0 Å². The van der Waals surface area contributed by atoms with Crippen LogP contribution in [0, 0.1) is 10.1 Å². The van der Waals surface area contributed by atoms with Gasteiger partial charge in [0.2, 0.25) is 4.60 Å². The van der Waals surface area contributed by atoms with E-state index in [1.54, 1.807) is 0 Å². The third kappa shape index (κ3) is 2.32. The van der Waals surface area contributed by atoms with Crippen molar-refractivity contribution < 1.29 is 18.5 Å². The molecule has 8 heteroatoms. The number of carbonyl (C=O) groups excluding carboxylic acids is 1. The number of halogens is 3. The van der Waals surface area contributed by atoms with Crippen molar-refractivity contribution in [1.82, 2.24) is 4.98 Å². The highest BCUT2D eigenvalue weighted by atomic mass is 79.9. The fourth-order valence-electron chi connectivity index (χ4n) is 0.936. The van der Waals surface area contributed by atoms with Gasteiger partial charge in [-0.25, -0.2) is 8.78 Å². The predicted octanol–water partition coefficient (Wildman–Crippen LogP) is 2.50. The van der Waals surface area contributed by atoms with E-state index in [4.69, 9.17) is 0 Å². The summed E-state index contributed by atoms with van der Waals surface area (Å²) in [6, 6.07) is 0.708. The SMILES string of the molecule is O=Cc1cc([N+](=O)[O-])nc(Br)c1C(F)F. The molecule has 5 nitrogen and oxygen atoms in total. The summed E-state index contributed by atoms with van der Waals surface area (Å²) in [7, 11) is 0. The lowest BCUT2D eigenvalue weighted by Crippen LogP contribution is -2.01. The highest BCUT2D eigenvalue weighted by molar-refractivity contribution is 9.10. The Bertz CT molecular complexity index is 425. The van der Waals surface area contributed by atoms with Crippen LogP contribution in [0.1, 0.15) is 22.3 Å². The van der Waals surface area contributed by atoms with E-state index >= 15 is 0 Å². The fourth-order valence-corrected chi connectivity index (χ4v) is 1.52. The van der Waals surface area contributed by atoms with Crippen molar-refractivity contribution in [3.63, 3.8) is 0 Å². The number of carbonyl (C=O) groups is 1. The zero-order valence-electron chi connectivity index (χ0n) is 6.99. The molecule has 0 radical (unpaired) electrons. The van der Waals surface area contributed by atoms with Crippen molar-refractivity contribution in [2.75, 3.05) is 0 Å². The first kappa shape index (κ1) is 11.6. The lowest BCUT2D eigenvalue weighted by atomic mass is 10.1. The van der Waals surface area contributed by atoms with Crippen LogP contribution >= 0.6 is 15.9 Å². The van der Waals surface area contributed by atoms with Crippen LogP contribution < -0.4 is 0 Å². The van der Waals surface area contributed by atoms with Gasteiger partial charge in [-0.2, -0.15) is 0 Å². The molecular formula is C7H3BrF2N2O3. The van der Waals surface area contributed by atoms with Crippen LogP contribution in [0.4, 0.5) is 14.6 Å². The van der Waals surface area contributed by atoms with E-state index in [1.165, 1.54) is 0 Å². The molecule has 0 unspecified atom stereocenters. The monoisotopic (exact) mass is 280 g/mol. The highest BCUT2D eigenvalue weighted by Crippen LogP contribution is 2.30. The van der Waals surface area contributed by atoms with Gasteiger partial charge in [0.1, 0.15) is 0 Å². The summed E-state index contributed by atoms with van der Waals surface area (Å²) in [5.74, 6) is -0.659. The topological polar surface area (TPSA) is 73.1 Å². The van der Waals surface area contributed by atoms with Crippen LogP contribution in [0.15, 0.2) is 10.7 Å². The van der Waals surface area contributed by atoms with Gasteiger partial charge in [0.15, 0.2) is 6.29 Å². The van der Waals surface area contributed by atoms with Gasteiger partial charge in [0, 0.05) is 27.6 Å². The second-order valence-corrected chi connectivity index (χ2v) is 3.20. The van der Waals surface area contributed by atoms with Gasteiger partial charge in [0.05, 0.1) is 5.56 Å². The molecule has 0 atom stereocenters. The van der Waals surface area contributed by atoms with E-state index in [0.717, 1.165) is 0 Å². The van der Waals surface area contributed by atoms with Gasteiger partial charge >= 0.3 is 5.82 Å². The molecule has 0 saturated heterocycles. The molecule has 0 spiro atoms. The molecule has 0 aromatic carbocycles. The smallest absolute Gasteiger partial charge is 0.358 e. The number of hydrogen-bond acceptors (Lipinski definition) is 4. The average Bonchev–Trinajstić information content (AvgIpc) is 2.15. The molecule has 80 valence electrons. The average molecular weight is 281 g/mol. The van der Waals surface area contributed by atoms with Gasteiger partial charge in [0.25, 0.3) is 6.43 Å². The van der Waals surface area contributed by atoms with E-state index in [-0.39, 0.29) is 6.29 Å². The summed E-state index contributed by atoms with van der Waals surface area (Å²) < 4.78 is 24.4. The molecule has 0 amide bonds. The summed E-state index contributed by atoms with van der Waals surface area (Å²) in [6.45, 7) is 0. The quantitative estimate of drug-likeness (QED) is 0.369. The Hall–Kier alpha value is -1.44. The van der Waals surface area contributed by atoms with Crippen molar-refractivity contribution in [3.8, 4) is 0 Å². The van der Waals surface area contributed by atoms with Crippen LogP contribution in [0.25, 0.3) is 0 Å². The zero-order chi connectivity index (χ0) is 11.6. The molecule has 0 N–H and O–H groups in total. The van der Waals surface area contributed by atoms with E-state index in [0.29, 0.717) is 6.07 Å². The summed E-state index contributed by atoms with van der Waals surface area (Å²) in [5.41, 5.74) is -1.09. The third-order valence-electron chi connectivity index (χ3n) is 1.56. The van der Waals surface area contributed by atoms with Crippen LogP contribution in [0.2, 0.25) is 0 Å². The van der Waals surface area contributed by atoms with Crippen LogP contribution in [0.5, 0.6) is 0 Å². The maximum atomic E-state index is 12.4. The molecule has 1 heterocycles. The normalized spacial score (nSPS) is 10.4. The van der Waals surface area contributed by atoms with Gasteiger partial charge in [-0.05, 0) is 9.91 Å². The second-order valence-electron chi connectivity index (χ2n) is 2.45. The minimum Gasteiger partial charge on any atom is -0.358 e. The minimum absolute atomic E-state index is 0.126. The molecule has 0 fully saturated rings. The highest BCUT2D eigenvalue weighted by Gasteiger charge is 2.24. The number of aromatic nitrogens is 1. The Labute approximate surface area is 90.4 Å². The van der Waals surface area contributed by atoms with E-state index in [1.807, 2.05) is 0 Å². The number of rotatable bonds is 3. The van der Waals surface area contributed by atoms with Crippen molar-refractivity contribution in [1.29, 1.82) is 0 Å². The molecule has 0 aliphatic carbocycles. The molecule has 0 aliphatic heterocycles. The van der Waals surface area contributed by atoms with Crippen LogP contribution in [-0.4, -0.2) is 16.2 Å². The van der Waals surface area contributed by atoms with E-state index in [2.05, 4.69) is 20.9 Å². The first-order valence-electron chi connectivity index (χ1n) is 3.55. The minimum atomic E-state index is -2.92. The van der Waals surface area contributed by atoms with Gasteiger partial charge in [-0.1, -0.05) is 0 Å². The maximum Gasteiger partial charge on any atom is 0.365 e. The Morgan fingerprint density at radius 3 is 2.60 bits per heavy atom. The summed E-state index contributed by atoms with van der Waals surface area (Å²) in [6.07, 6.45) is -2.80. The van der Waals surface area contributed by atoms with Crippen molar-refractivity contribution in [2.45, 2.75) is 6.43 Å². The van der Waals surface area contributed by atoms with Gasteiger partial charge in [-0.15, -0.1) is 0 Å². The number of hydrogen-bond donors (Lipinski definition) is 0. The first-order chi connectivity index (χ1) is 6.97. The lowest BCUT2D eigenvalue weighted by Gasteiger charge is -2.02. The molecule has 0 aliphatic rings. The Kier molecular flexibility index (Phi) is 3.40. The molecular weight excluding hydrogens is 278 g/mol. The van der Waals surface area contributed by atoms with E-state index < -0.39 is 32.9 Å². The Morgan fingerprint density at radius 2 is 2.20 bits per heavy atom. The maximum absolute atomic E-state index is 12.4. The molecule has 1 rings (SSSR count). The molecule has 0 bridgehead atoms. The zero-order valence-corrected chi connectivity index (χ0v) is 8.57. The van der Waals surface area contributed by atoms with Crippen molar-refractivity contribution in [2.24, 2.45) is 0 Å². The Morgan fingerprint density at radius 1 is 1.60 bits per heavy atom. The number of alkyl halides is 2. The van der Waals surface area contributed by atoms with Gasteiger partial charge in [-0.3, -0.25) is 4.79 Å². The summed E-state index contributed by atoms with van der Waals surface area (Å²) >= 11 is 2.65. The first-order valence-corrected chi connectivity index (χ1v) is 4.34. The fraction of sp³-hybridized carbons (Fsp3) is 0.143. The largest absolute Gasteiger partial charge is 0.365 e. The Balaban J connectivity index is 3.43. The standard InChI is InChI=1S/C7H3BrF2N2O3/c8-6-5(7(9)10)3(2-13)1-4(11-6)12(14)15/h1-2,7H. The number of nitrogens with zero attached hydrogens (tertiary/aromatic N) is 2. The van der Waals surface area contributed by atoms with Crippen molar-refractivity contribution in [3.05, 3.63) is 31.9 Å². The molecule has 0 saturated carbocycles. The molecule has 1 aromatic heterocycles. The summed E-state index contributed by atoms with van der Waals surface area (Å²) in [4.78, 5) is 23.2. The number of aldehydes is 1. The number of pyridine rings is 1. The van der Waals surface area contributed by atoms with Crippen molar-refractivity contribution >= 4 is 28.0 Å². The number of nitro groups is 1. The second kappa shape index (κ2) is 4.39. The lowest BCUT2D eigenvalue weighted by molar-refractivity contribution is -0.389. The third-order valence-corrected chi connectivity index (χ3v) is 2.17. The van der Waals surface area contributed by atoms with E-state index in [9.17, 15) is 23.7 Å². The molecule has 1 aromatic rings.